The van der Waals surface area contributed by atoms with Gasteiger partial charge in [-0.05, 0) is 41.5 Å². The van der Waals surface area contributed by atoms with Gasteiger partial charge in [-0.1, -0.05) is 24.3 Å². The van der Waals surface area contributed by atoms with Crippen molar-refractivity contribution in [2.24, 2.45) is 5.73 Å². The SMILES string of the molecule is Cc1ccsc1CNC1CC(N)c2ccccc21. The summed E-state index contributed by atoms with van der Waals surface area (Å²) in [6, 6.07) is 11.3. The van der Waals surface area contributed by atoms with E-state index in [0.717, 1.165) is 13.0 Å². The molecule has 1 aromatic carbocycles. The second-order valence-corrected chi connectivity index (χ2v) is 5.93. The van der Waals surface area contributed by atoms with E-state index in [9.17, 15) is 0 Å². The Balaban J connectivity index is 1.74. The molecule has 3 heteroatoms. The highest BCUT2D eigenvalue weighted by atomic mass is 32.1. The fourth-order valence-electron chi connectivity index (χ4n) is 2.67. The smallest absolute Gasteiger partial charge is 0.0344 e. The Morgan fingerprint density at radius 2 is 2.06 bits per heavy atom. The standard InChI is InChI=1S/C15H18N2S/c1-10-6-7-18-15(10)9-17-14-8-13(16)11-4-2-3-5-12(11)14/h2-7,13-14,17H,8-9,16H2,1H3. The van der Waals surface area contributed by atoms with Gasteiger partial charge in [0.25, 0.3) is 0 Å². The van der Waals surface area contributed by atoms with Crippen LogP contribution in [-0.2, 0) is 6.54 Å². The molecule has 0 radical (unpaired) electrons. The lowest BCUT2D eigenvalue weighted by atomic mass is 10.1. The summed E-state index contributed by atoms with van der Waals surface area (Å²) in [4.78, 5) is 1.42. The molecule has 0 saturated carbocycles. The van der Waals surface area contributed by atoms with Gasteiger partial charge in [0.05, 0.1) is 0 Å². The van der Waals surface area contributed by atoms with Crippen molar-refractivity contribution in [2.45, 2.75) is 32.0 Å². The molecule has 0 bridgehead atoms. The predicted molar refractivity (Wildman–Crippen MR) is 76.6 cm³/mol. The monoisotopic (exact) mass is 258 g/mol. The first-order valence-electron chi connectivity index (χ1n) is 6.36. The molecule has 1 aliphatic rings. The van der Waals surface area contributed by atoms with Crippen molar-refractivity contribution in [3.05, 3.63) is 57.3 Å². The number of rotatable bonds is 3. The topological polar surface area (TPSA) is 38.0 Å². The Bertz CT molecular complexity index is 547. The number of hydrogen-bond donors (Lipinski definition) is 2. The van der Waals surface area contributed by atoms with Crippen LogP contribution >= 0.6 is 11.3 Å². The third-order valence-corrected chi connectivity index (χ3v) is 4.76. The Hall–Kier alpha value is -1.16. The van der Waals surface area contributed by atoms with Crippen LogP contribution in [0.3, 0.4) is 0 Å². The molecule has 0 amide bonds. The Morgan fingerprint density at radius 1 is 1.28 bits per heavy atom. The summed E-state index contributed by atoms with van der Waals surface area (Å²) in [5.74, 6) is 0. The Labute approximate surface area is 112 Å². The second-order valence-electron chi connectivity index (χ2n) is 4.93. The molecule has 0 fully saturated rings. The first-order chi connectivity index (χ1) is 8.75. The molecule has 18 heavy (non-hydrogen) atoms. The molecular formula is C15H18N2S. The van der Waals surface area contributed by atoms with E-state index in [1.54, 1.807) is 0 Å². The van der Waals surface area contributed by atoms with Crippen LogP contribution in [0.5, 0.6) is 0 Å². The minimum Gasteiger partial charge on any atom is -0.324 e. The van der Waals surface area contributed by atoms with E-state index in [2.05, 4.69) is 48.0 Å². The number of nitrogens with two attached hydrogens (primary N) is 1. The van der Waals surface area contributed by atoms with Crippen molar-refractivity contribution >= 4 is 11.3 Å². The van der Waals surface area contributed by atoms with Gasteiger partial charge in [-0.25, -0.2) is 0 Å². The van der Waals surface area contributed by atoms with Crippen molar-refractivity contribution < 1.29 is 0 Å². The van der Waals surface area contributed by atoms with Gasteiger partial charge in [0.1, 0.15) is 0 Å². The fourth-order valence-corrected chi connectivity index (χ4v) is 3.53. The molecule has 2 aromatic rings. The van der Waals surface area contributed by atoms with Crippen molar-refractivity contribution in [3.63, 3.8) is 0 Å². The van der Waals surface area contributed by atoms with E-state index >= 15 is 0 Å². The first kappa shape index (κ1) is 11.9. The highest BCUT2D eigenvalue weighted by molar-refractivity contribution is 7.10. The summed E-state index contributed by atoms with van der Waals surface area (Å²) >= 11 is 1.82. The zero-order chi connectivity index (χ0) is 12.5. The maximum atomic E-state index is 6.18. The summed E-state index contributed by atoms with van der Waals surface area (Å²) < 4.78 is 0. The van der Waals surface area contributed by atoms with Crippen LogP contribution in [0.15, 0.2) is 35.7 Å². The number of hydrogen-bond acceptors (Lipinski definition) is 3. The van der Waals surface area contributed by atoms with Crippen LogP contribution in [-0.4, -0.2) is 0 Å². The molecule has 1 heterocycles. The average molecular weight is 258 g/mol. The maximum absolute atomic E-state index is 6.18. The number of thiophene rings is 1. The molecule has 94 valence electrons. The van der Waals surface area contributed by atoms with E-state index < -0.39 is 0 Å². The van der Waals surface area contributed by atoms with E-state index in [4.69, 9.17) is 5.73 Å². The Morgan fingerprint density at radius 3 is 2.78 bits per heavy atom. The van der Waals surface area contributed by atoms with Crippen LogP contribution in [0, 0.1) is 6.92 Å². The highest BCUT2D eigenvalue weighted by Crippen LogP contribution is 2.37. The average Bonchev–Trinajstić information content (AvgIpc) is 2.92. The predicted octanol–water partition coefficient (Wildman–Crippen LogP) is 3.29. The van der Waals surface area contributed by atoms with Gasteiger partial charge in [-0.2, -0.15) is 0 Å². The molecular weight excluding hydrogens is 240 g/mol. The molecule has 2 unspecified atom stereocenters. The third kappa shape index (κ3) is 2.09. The molecule has 0 saturated heterocycles. The van der Waals surface area contributed by atoms with Crippen LogP contribution in [0.1, 0.15) is 40.1 Å². The van der Waals surface area contributed by atoms with Gasteiger partial charge in [-0.15, -0.1) is 11.3 Å². The van der Waals surface area contributed by atoms with Gasteiger partial charge in [0.2, 0.25) is 0 Å². The van der Waals surface area contributed by atoms with Crippen molar-refractivity contribution in [1.29, 1.82) is 0 Å². The number of fused-ring (bicyclic) bond motifs is 1. The quantitative estimate of drug-likeness (QED) is 0.886. The summed E-state index contributed by atoms with van der Waals surface area (Å²) in [6.07, 6.45) is 1.00. The summed E-state index contributed by atoms with van der Waals surface area (Å²) in [7, 11) is 0. The normalized spacial score (nSPS) is 22.1. The van der Waals surface area contributed by atoms with E-state index in [1.807, 2.05) is 11.3 Å². The van der Waals surface area contributed by atoms with Crippen molar-refractivity contribution in [3.8, 4) is 0 Å². The van der Waals surface area contributed by atoms with Crippen LogP contribution in [0.2, 0.25) is 0 Å². The number of nitrogens with one attached hydrogen (secondary N) is 1. The molecule has 1 aromatic heterocycles. The lowest BCUT2D eigenvalue weighted by Gasteiger charge is -2.13. The van der Waals surface area contributed by atoms with Gasteiger partial charge < -0.3 is 11.1 Å². The lowest BCUT2D eigenvalue weighted by Crippen LogP contribution is -2.19. The van der Waals surface area contributed by atoms with E-state index in [0.29, 0.717) is 6.04 Å². The summed E-state index contributed by atoms with van der Waals surface area (Å²) in [5.41, 5.74) is 10.2. The molecule has 3 N–H and O–H groups in total. The van der Waals surface area contributed by atoms with Gasteiger partial charge in [0, 0.05) is 23.5 Å². The molecule has 2 atom stereocenters. The van der Waals surface area contributed by atoms with Crippen molar-refractivity contribution in [1.82, 2.24) is 5.32 Å². The molecule has 2 nitrogen and oxygen atoms in total. The second kappa shape index (κ2) is 4.84. The molecule has 0 spiro atoms. The minimum atomic E-state index is 0.183. The molecule has 1 aliphatic carbocycles. The van der Waals surface area contributed by atoms with Crippen LogP contribution in [0.4, 0.5) is 0 Å². The zero-order valence-corrected chi connectivity index (χ0v) is 11.3. The molecule has 3 rings (SSSR count). The largest absolute Gasteiger partial charge is 0.324 e. The third-order valence-electron chi connectivity index (χ3n) is 3.74. The maximum Gasteiger partial charge on any atom is 0.0344 e. The van der Waals surface area contributed by atoms with Crippen molar-refractivity contribution in [2.75, 3.05) is 0 Å². The summed E-state index contributed by atoms with van der Waals surface area (Å²) in [6.45, 7) is 3.11. The lowest BCUT2D eigenvalue weighted by molar-refractivity contribution is 0.500. The highest BCUT2D eigenvalue weighted by Gasteiger charge is 2.27. The van der Waals surface area contributed by atoms with E-state index in [1.165, 1.54) is 21.6 Å². The molecule has 0 aliphatic heterocycles. The van der Waals surface area contributed by atoms with E-state index in [-0.39, 0.29) is 6.04 Å². The minimum absolute atomic E-state index is 0.183. The summed E-state index contributed by atoms with van der Waals surface area (Å²) in [5, 5.41) is 5.80. The van der Waals surface area contributed by atoms with Crippen LogP contribution < -0.4 is 11.1 Å². The fraction of sp³-hybridized carbons (Fsp3) is 0.333. The number of benzene rings is 1. The zero-order valence-electron chi connectivity index (χ0n) is 10.5. The van der Waals surface area contributed by atoms with Gasteiger partial charge in [0.15, 0.2) is 0 Å². The van der Waals surface area contributed by atoms with Crippen LogP contribution in [0.25, 0.3) is 0 Å². The van der Waals surface area contributed by atoms with Gasteiger partial charge in [-0.3, -0.25) is 0 Å². The first-order valence-corrected chi connectivity index (χ1v) is 7.24. The number of aryl methyl sites for hydroxylation is 1. The van der Waals surface area contributed by atoms with Gasteiger partial charge >= 0.3 is 0 Å². The Kier molecular flexibility index (Phi) is 3.20.